The highest BCUT2D eigenvalue weighted by Crippen LogP contribution is 2.29. The van der Waals surface area contributed by atoms with Gasteiger partial charge in [-0.1, -0.05) is 6.07 Å². The first-order chi connectivity index (χ1) is 7.52. The van der Waals surface area contributed by atoms with E-state index in [9.17, 15) is 8.78 Å². The van der Waals surface area contributed by atoms with Crippen LogP contribution in [0.3, 0.4) is 0 Å². The first kappa shape index (κ1) is 10.4. The Bertz CT molecular complexity index is 528. The van der Waals surface area contributed by atoms with Crippen LogP contribution in [0, 0.1) is 18.6 Å². The van der Waals surface area contributed by atoms with Crippen LogP contribution in [-0.4, -0.2) is 9.66 Å². The Morgan fingerprint density at radius 3 is 2.25 bits per heavy atom. The lowest BCUT2D eigenvalue weighted by Crippen LogP contribution is -2.13. The second kappa shape index (κ2) is 3.48. The molecule has 0 saturated heterocycles. The molecule has 0 spiro atoms. The predicted molar refractivity (Wildman–Crippen MR) is 56.9 cm³/mol. The molecule has 0 aliphatic carbocycles. The summed E-state index contributed by atoms with van der Waals surface area (Å²) in [5.74, 6) is 4.50. The third-order valence-electron chi connectivity index (χ3n) is 2.32. The number of benzene rings is 1. The Morgan fingerprint density at radius 2 is 1.81 bits per heavy atom. The van der Waals surface area contributed by atoms with Crippen molar-refractivity contribution in [2.75, 3.05) is 11.6 Å². The van der Waals surface area contributed by atoms with Gasteiger partial charge in [0.05, 0.1) is 5.56 Å². The van der Waals surface area contributed by atoms with Gasteiger partial charge in [-0.15, -0.1) is 0 Å². The summed E-state index contributed by atoms with van der Waals surface area (Å²) < 4.78 is 28.0. The Hall–Kier alpha value is -2.11. The van der Waals surface area contributed by atoms with Gasteiger partial charge in [-0.25, -0.2) is 18.4 Å². The van der Waals surface area contributed by atoms with Crippen molar-refractivity contribution >= 4 is 5.82 Å². The third-order valence-corrected chi connectivity index (χ3v) is 2.32. The van der Waals surface area contributed by atoms with Crippen LogP contribution in [-0.2, 0) is 0 Å². The van der Waals surface area contributed by atoms with Gasteiger partial charge in [0.1, 0.15) is 23.2 Å². The monoisotopic (exact) mass is 224 g/mol. The maximum atomic E-state index is 13.5. The summed E-state index contributed by atoms with van der Waals surface area (Å²) in [6.45, 7) is 1.60. The fraction of sp³-hybridized carbons (Fsp3) is 0.100. The lowest BCUT2D eigenvalue weighted by Gasteiger charge is -2.03. The molecule has 0 atom stereocenters. The van der Waals surface area contributed by atoms with Crippen molar-refractivity contribution in [3.63, 3.8) is 0 Å². The van der Waals surface area contributed by atoms with Gasteiger partial charge >= 0.3 is 0 Å². The minimum Gasteiger partial charge on any atom is -0.382 e. The maximum absolute atomic E-state index is 13.5. The SMILES string of the molecule is Cc1nc(-c2c(F)cccc2F)c(N)n1N. The van der Waals surface area contributed by atoms with E-state index in [4.69, 9.17) is 11.6 Å². The number of aryl methyl sites for hydroxylation is 1. The molecule has 0 radical (unpaired) electrons. The van der Waals surface area contributed by atoms with Crippen LogP contribution < -0.4 is 11.6 Å². The van der Waals surface area contributed by atoms with E-state index in [1.54, 1.807) is 6.92 Å². The van der Waals surface area contributed by atoms with Gasteiger partial charge in [0, 0.05) is 0 Å². The highest BCUT2D eigenvalue weighted by Gasteiger charge is 2.19. The third kappa shape index (κ3) is 1.39. The average Bonchev–Trinajstić information content (AvgIpc) is 2.47. The Kier molecular flexibility index (Phi) is 2.26. The molecule has 0 aliphatic rings. The Morgan fingerprint density at radius 1 is 1.25 bits per heavy atom. The second-order valence-corrected chi connectivity index (χ2v) is 3.36. The molecule has 6 heteroatoms. The molecule has 0 aliphatic heterocycles. The van der Waals surface area contributed by atoms with E-state index in [-0.39, 0.29) is 17.1 Å². The van der Waals surface area contributed by atoms with E-state index in [1.807, 2.05) is 0 Å². The van der Waals surface area contributed by atoms with Crippen molar-refractivity contribution in [1.29, 1.82) is 0 Å². The molecule has 0 saturated carbocycles. The lowest BCUT2D eigenvalue weighted by molar-refractivity contribution is 0.589. The average molecular weight is 224 g/mol. The minimum atomic E-state index is -0.718. The predicted octanol–water partition coefficient (Wildman–Crippen LogP) is 1.43. The number of hydrogen-bond acceptors (Lipinski definition) is 3. The fourth-order valence-corrected chi connectivity index (χ4v) is 1.47. The first-order valence-electron chi connectivity index (χ1n) is 4.56. The van der Waals surface area contributed by atoms with Crippen molar-refractivity contribution < 1.29 is 8.78 Å². The molecular formula is C10H10F2N4. The summed E-state index contributed by atoms with van der Waals surface area (Å²) in [5.41, 5.74) is 5.38. The first-order valence-corrected chi connectivity index (χ1v) is 4.56. The van der Waals surface area contributed by atoms with Crippen LogP contribution in [0.4, 0.5) is 14.6 Å². The van der Waals surface area contributed by atoms with Gasteiger partial charge in [-0.05, 0) is 19.1 Å². The number of anilines is 1. The number of hydrogen-bond donors (Lipinski definition) is 2. The number of nitrogens with two attached hydrogens (primary N) is 2. The van der Waals surface area contributed by atoms with E-state index < -0.39 is 11.6 Å². The van der Waals surface area contributed by atoms with Gasteiger partial charge in [-0.2, -0.15) is 0 Å². The highest BCUT2D eigenvalue weighted by atomic mass is 19.1. The van der Waals surface area contributed by atoms with E-state index in [0.29, 0.717) is 5.82 Å². The fourth-order valence-electron chi connectivity index (χ4n) is 1.47. The van der Waals surface area contributed by atoms with Gasteiger partial charge in [0.2, 0.25) is 0 Å². The normalized spacial score (nSPS) is 10.7. The summed E-state index contributed by atoms with van der Waals surface area (Å²) in [6.07, 6.45) is 0. The number of halogens is 2. The molecule has 0 bridgehead atoms. The minimum absolute atomic E-state index is 0.0237. The van der Waals surface area contributed by atoms with Crippen molar-refractivity contribution in [3.05, 3.63) is 35.7 Å². The number of rotatable bonds is 1. The number of nitrogen functional groups attached to an aromatic ring is 2. The second-order valence-electron chi connectivity index (χ2n) is 3.36. The number of aromatic nitrogens is 2. The zero-order valence-corrected chi connectivity index (χ0v) is 8.54. The van der Waals surface area contributed by atoms with Crippen LogP contribution in [0.1, 0.15) is 5.82 Å². The van der Waals surface area contributed by atoms with Crippen molar-refractivity contribution in [2.45, 2.75) is 6.92 Å². The molecule has 1 aromatic carbocycles. The van der Waals surface area contributed by atoms with Crippen molar-refractivity contribution in [3.8, 4) is 11.3 Å². The standard InChI is InChI=1S/C10H10F2N4/c1-5-15-9(10(13)16(5)14)8-6(11)3-2-4-7(8)12/h2-4H,13-14H2,1H3. The van der Waals surface area contributed by atoms with Crippen molar-refractivity contribution in [1.82, 2.24) is 9.66 Å². The number of nitrogens with zero attached hydrogens (tertiary/aromatic N) is 2. The highest BCUT2D eigenvalue weighted by molar-refractivity contribution is 5.72. The van der Waals surface area contributed by atoms with E-state index in [2.05, 4.69) is 4.98 Å². The lowest BCUT2D eigenvalue weighted by atomic mass is 10.1. The molecule has 2 rings (SSSR count). The van der Waals surface area contributed by atoms with E-state index in [1.165, 1.54) is 6.07 Å². The van der Waals surface area contributed by atoms with Gasteiger partial charge in [0.15, 0.2) is 5.82 Å². The molecule has 1 heterocycles. The molecule has 2 aromatic rings. The molecule has 84 valence electrons. The zero-order valence-electron chi connectivity index (χ0n) is 8.54. The van der Waals surface area contributed by atoms with E-state index in [0.717, 1.165) is 16.8 Å². The summed E-state index contributed by atoms with van der Waals surface area (Å²) in [7, 11) is 0. The van der Waals surface area contributed by atoms with Crippen molar-refractivity contribution in [2.24, 2.45) is 0 Å². The molecule has 16 heavy (non-hydrogen) atoms. The molecule has 4 nitrogen and oxygen atoms in total. The summed E-state index contributed by atoms with van der Waals surface area (Å²) in [5, 5.41) is 0. The molecular weight excluding hydrogens is 214 g/mol. The smallest absolute Gasteiger partial charge is 0.151 e. The molecule has 0 amide bonds. The summed E-state index contributed by atoms with van der Waals surface area (Å²) in [4.78, 5) is 3.93. The summed E-state index contributed by atoms with van der Waals surface area (Å²) in [6, 6.07) is 3.56. The Labute approximate surface area is 90.5 Å². The molecule has 1 aromatic heterocycles. The zero-order chi connectivity index (χ0) is 11.9. The quantitative estimate of drug-likeness (QED) is 0.720. The van der Waals surface area contributed by atoms with Crippen LogP contribution in [0.25, 0.3) is 11.3 Å². The van der Waals surface area contributed by atoms with E-state index >= 15 is 0 Å². The molecule has 0 fully saturated rings. The van der Waals surface area contributed by atoms with Gasteiger partial charge in [-0.3, -0.25) is 0 Å². The van der Waals surface area contributed by atoms with Gasteiger partial charge in [0.25, 0.3) is 0 Å². The largest absolute Gasteiger partial charge is 0.382 e. The van der Waals surface area contributed by atoms with Crippen LogP contribution in [0.15, 0.2) is 18.2 Å². The molecule has 0 unspecified atom stereocenters. The Balaban J connectivity index is 2.72. The van der Waals surface area contributed by atoms with Crippen LogP contribution in [0.5, 0.6) is 0 Å². The van der Waals surface area contributed by atoms with Crippen LogP contribution in [0.2, 0.25) is 0 Å². The number of imidazole rings is 1. The molecule has 4 N–H and O–H groups in total. The topological polar surface area (TPSA) is 69.9 Å². The summed E-state index contributed by atoms with van der Waals surface area (Å²) >= 11 is 0. The maximum Gasteiger partial charge on any atom is 0.151 e. The van der Waals surface area contributed by atoms with Gasteiger partial charge < -0.3 is 11.6 Å². The van der Waals surface area contributed by atoms with Crippen LogP contribution >= 0.6 is 0 Å².